The summed E-state index contributed by atoms with van der Waals surface area (Å²) in [4.78, 5) is 0.561. The molecule has 19 heavy (non-hydrogen) atoms. The predicted molar refractivity (Wildman–Crippen MR) is 75.9 cm³/mol. The molecule has 0 saturated heterocycles. The number of nitrogens with one attached hydrogen (secondary N) is 1. The van der Waals surface area contributed by atoms with E-state index in [2.05, 4.69) is 5.32 Å². The molecule has 0 aliphatic rings. The maximum atomic E-state index is 12.2. The van der Waals surface area contributed by atoms with Crippen LogP contribution in [0.2, 0.25) is 0 Å². The lowest BCUT2D eigenvalue weighted by Crippen LogP contribution is -2.25. The number of methoxy groups -OCH3 is 1. The van der Waals surface area contributed by atoms with Crippen LogP contribution in [-0.4, -0.2) is 32.1 Å². The Balaban J connectivity index is 2.53. The van der Waals surface area contributed by atoms with E-state index in [9.17, 15) is 8.78 Å². The molecule has 0 amide bonds. The number of ether oxygens (including phenoxy) is 1. The standard InChI is InChI=1S/C13H20F2N2OS/c1-18-9-11(3-2-8-16)17-10-4-6-12(7-5-10)19-13(14)15/h4-7,11,13,17H,2-3,8-9,16H2,1H3. The smallest absolute Gasteiger partial charge is 0.288 e. The average Bonchev–Trinajstić information content (AvgIpc) is 2.38. The summed E-state index contributed by atoms with van der Waals surface area (Å²) >= 11 is 0.548. The van der Waals surface area contributed by atoms with E-state index < -0.39 is 5.76 Å². The van der Waals surface area contributed by atoms with Crippen molar-refractivity contribution in [3.05, 3.63) is 24.3 Å². The zero-order valence-corrected chi connectivity index (χ0v) is 11.8. The van der Waals surface area contributed by atoms with Crippen molar-refractivity contribution in [1.82, 2.24) is 0 Å². The lowest BCUT2D eigenvalue weighted by Gasteiger charge is -2.19. The highest BCUT2D eigenvalue weighted by Crippen LogP contribution is 2.26. The molecular weight excluding hydrogens is 270 g/mol. The Morgan fingerprint density at radius 2 is 2.00 bits per heavy atom. The Hall–Kier alpha value is -0.850. The average molecular weight is 290 g/mol. The maximum absolute atomic E-state index is 12.2. The molecule has 6 heteroatoms. The van der Waals surface area contributed by atoms with Crippen LogP contribution in [0, 0.1) is 0 Å². The first kappa shape index (κ1) is 16.2. The lowest BCUT2D eigenvalue weighted by molar-refractivity contribution is 0.182. The second-order valence-corrected chi connectivity index (χ2v) is 5.19. The molecule has 1 atom stereocenters. The van der Waals surface area contributed by atoms with Crippen LogP contribution in [0.15, 0.2) is 29.2 Å². The summed E-state index contributed by atoms with van der Waals surface area (Å²) in [7, 11) is 1.65. The topological polar surface area (TPSA) is 47.3 Å². The highest BCUT2D eigenvalue weighted by atomic mass is 32.2. The minimum Gasteiger partial charge on any atom is -0.383 e. The normalized spacial score (nSPS) is 12.7. The van der Waals surface area contributed by atoms with Gasteiger partial charge in [0.15, 0.2) is 0 Å². The summed E-state index contributed by atoms with van der Waals surface area (Å²) in [6, 6.07) is 7.16. The van der Waals surface area contributed by atoms with Crippen LogP contribution >= 0.6 is 11.8 Å². The number of thioether (sulfide) groups is 1. The molecule has 0 fully saturated rings. The molecule has 0 spiro atoms. The molecule has 3 nitrogen and oxygen atoms in total. The van der Waals surface area contributed by atoms with Crippen molar-refractivity contribution in [3.8, 4) is 0 Å². The summed E-state index contributed by atoms with van der Waals surface area (Å²) in [5.74, 6) is -2.38. The lowest BCUT2D eigenvalue weighted by atomic mass is 10.1. The summed E-state index contributed by atoms with van der Waals surface area (Å²) in [5.41, 5.74) is 6.39. The molecule has 1 unspecified atom stereocenters. The number of alkyl halides is 2. The van der Waals surface area contributed by atoms with Crippen molar-refractivity contribution >= 4 is 17.4 Å². The van der Waals surface area contributed by atoms with Gasteiger partial charge < -0.3 is 15.8 Å². The molecule has 1 aromatic carbocycles. The molecule has 0 heterocycles. The highest BCUT2D eigenvalue weighted by molar-refractivity contribution is 7.99. The maximum Gasteiger partial charge on any atom is 0.288 e. The third kappa shape index (κ3) is 6.75. The van der Waals surface area contributed by atoms with E-state index in [0.29, 0.717) is 29.8 Å². The first-order valence-electron chi connectivity index (χ1n) is 6.16. The molecule has 3 N–H and O–H groups in total. The molecule has 0 aliphatic carbocycles. The van der Waals surface area contributed by atoms with Gasteiger partial charge in [0.1, 0.15) is 0 Å². The first-order valence-corrected chi connectivity index (χ1v) is 7.04. The molecule has 0 aliphatic heterocycles. The number of rotatable bonds is 9. The van der Waals surface area contributed by atoms with Crippen LogP contribution in [0.3, 0.4) is 0 Å². The van der Waals surface area contributed by atoms with Gasteiger partial charge in [-0.05, 0) is 43.7 Å². The quantitative estimate of drug-likeness (QED) is 0.686. The van der Waals surface area contributed by atoms with E-state index in [4.69, 9.17) is 10.5 Å². The fourth-order valence-electron chi connectivity index (χ4n) is 1.73. The van der Waals surface area contributed by atoms with Gasteiger partial charge in [-0.2, -0.15) is 8.78 Å². The second-order valence-electron chi connectivity index (χ2n) is 4.13. The summed E-state index contributed by atoms with van der Waals surface area (Å²) < 4.78 is 29.5. The Bertz CT molecular complexity index is 349. The van der Waals surface area contributed by atoms with Crippen molar-refractivity contribution in [2.24, 2.45) is 5.73 Å². The van der Waals surface area contributed by atoms with E-state index in [1.54, 1.807) is 31.4 Å². The van der Waals surface area contributed by atoms with Gasteiger partial charge in [0.25, 0.3) is 5.76 Å². The minimum atomic E-state index is -2.38. The predicted octanol–water partition coefficient (Wildman–Crippen LogP) is 3.17. The first-order chi connectivity index (χ1) is 9.15. The summed E-state index contributed by atoms with van der Waals surface area (Å²) in [5, 5.41) is 3.32. The SMILES string of the molecule is COCC(CCCN)Nc1ccc(SC(F)F)cc1. The van der Waals surface area contributed by atoms with Crippen molar-refractivity contribution < 1.29 is 13.5 Å². The highest BCUT2D eigenvalue weighted by Gasteiger charge is 2.09. The molecule has 0 radical (unpaired) electrons. The Labute approximate surface area is 116 Å². The van der Waals surface area contributed by atoms with Gasteiger partial charge in [-0.1, -0.05) is 11.8 Å². The zero-order chi connectivity index (χ0) is 14.1. The number of nitrogens with two attached hydrogens (primary N) is 1. The van der Waals surface area contributed by atoms with Crippen LogP contribution < -0.4 is 11.1 Å². The van der Waals surface area contributed by atoms with Crippen LogP contribution in [0.1, 0.15) is 12.8 Å². The van der Waals surface area contributed by atoms with Gasteiger partial charge in [0.05, 0.1) is 6.61 Å². The van der Waals surface area contributed by atoms with E-state index in [1.165, 1.54) is 0 Å². The minimum absolute atomic E-state index is 0.183. The molecule has 1 aromatic rings. The van der Waals surface area contributed by atoms with Gasteiger partial charge in [0.2, 0.25) is 0 Å². The Kier molecular flexibility index (Phi) is 7.78. The number of benzene rings is 1. The van der Waals surface area contributed by atoms with Gasteiger partial charge in [0, 0.05) is 23.7 Å². The molecular formula is C13H20F2N2OS. The monoisotopic (exact) mass is 290 g/mol. The number of anilines is 1. The second kappa shape index (κ2) is 9.12. The molecule has 0 saturated carbocycles. The van der Waals surface area contributed by atoms with Crippen molar-refractivity contribution in [2.45, 2.75) is 29.5 Å². The summed E-state index contributed by atoms with van der Waals surface area (Å²) in [6.45, 7) is 1.24. The van der Waals surface area contributed by atoms with Crippen LogP contribution in [0.4, 0.5) is 14.5 Å². The fourth-order valence-corrected chi connectivity index (χ4v) is 2.23. The van der Waals surface area contributed by atoms with E-state index in [0.717, 1.165) is 18.5 Å². The van der Waals surface area contributed by atoms with Gasteiger partial charge in [-0.25, -0.2) is 0 Å². The molecule has 0 bridgehead atoms. The molecule has 0 aromatic heterocycles. The third-order valence-corrected chi connectivity index (χ3v) is 3.30. The number of hydrogen-bond acceptors (Lipinski definition) is 4. The van der Waals surface area contributed by atoms with Crippen LogP contribution in [-0.2, 0) is 4.74 Å². The Morgan fingerprint density at radius 3 is 2.53 bits per heavy atom. The van der Waals surface area contributed by atoms with Crippen molar-refractivity contribution in [1.29, 1.82) is 0 Å². The fraction of sp³-hybridized carbons (Fsp3) is 0.538. The van der Waals surface area contributed by atoms with E-state index >= 15 is 0 Å². The van der Waals surface area contributed by atoms with E-state index in [-0.39, 0.29) is 6.04 Å². The van der Waals surface area contributed by atoms with Crippen molar-refractivity contribution in [3.63, 3.8) is 0 Å². The largest absolute Gasteiger partial charge is 0.383 e. The van der Waals surface area contributed by atoms with Gasteiger partial charge >= 0.3 is 0 Å². The summed E-state index contributed by atoms with van der Waals surface area (Å²) in [6.07, 6.45) is 1.83. The van der Waals surface area contributed by atoms with Crippen molar-refractivity contribution in [2.75, 3.05) is 25.6 Å². The third-order valence-electron chi connectivity index (χ3n) is 2.57. The zero-order valence-electron chi connectivity index (χ0n) is 10.9. The van der Waals surface area contributed by atoms with Gasteiger partial charge in [-0.3, -0.25) is 0 Å². The van der Waals surface area contributed by atoms with Gasteiger partial charge in [-0.15, -0.1) is 0 Å². The Morgan fingerprint density at radius 1 is 1.32 bits per heavy atom. The van der Waals surface area contributed by atoms with Crippen LogP contribution in [0.25, 0.3) is 0 Å². The number of hydrogen-bond donors (Lipinski definition) is 2. The van der Waals surface area contributed by atoms with E-state index in [1.807, 2.05) is 0 Å². The molecule has 1 rings (SSSR count). The van der Waals surface area contributed by atoms with Crippen LogP contribution in [0.5, 0.6) is 0 Å². The molecule has 108 valence electrons. The number of halogens is 2.